The van der Waals surface area contributed by atoms with Crippen molar-refractivity contribution in [3.05, 3.63) is 6.54 Å². The molecule has 1 unspecified atom stereocenters. The lowest BCUT2D eigenvalue weighted by atomic mass is 10.1. The Morgan fingerprint density at radius 1 is 1.27 bits per heavy atom. The number of hydrogen-bond acceptors (Lipinski definition) is 2. The van der Waals surface area contributed by atoms with Crippen molar-refractivity contribution in [1.29, 1.82) is 0 Å². The molecule has 65 valence electrons. The monoisotopic (exact) mass is 156 g/mol. The van der Waals surface area contributed by atoms with Crippen LogP contribution >= 0.6 is 0 Å². The van der Waals surface area contributed by atoms with Crippen LogP contribution in [0.5, 0.6) is 0 Å². The lowest BCUT2D eigenvalue weighted by Crippen LogP contribution is -2.31. The van der Waals surface area contributed by atoms with E-state index in [0.717, 1.165) is 0 Å². The minimum Gasteiger partial charge on any atom is -0.380 e. The molecule has 1 aliphatic heterocycles. The predicted molar refractivity (Wildman–Crippen MR) is 46.2 cm³/mol. The maximum absolute atomic E-state index is 5.16. The van der Waals surface area contributed by atoms with Gasteiger partial charge in [0.1, 0.15) is 0 Å². The van der Waals surface area contributed by atoms with Gasteiger partial charge in [-0.05, 0) is 32.9 Å². The summed E-state index contributed by atoms with van der Waals surface area (Å²) in [6, 6.07) is 0. The van der Waals surface area contributed by atoms with E-state index >= 15 is 0 Å². The molecule has 0 amide bonds. The SMILES string of the molecule is COC(C)[CH]N1CCCCC1. The fourth-order valence-electron chi connectivity index (χ4n) is 1.43. The molecule has 1 fully saturated rings. The second-order valence-electron chi connectivity index (χ2n) is 3.19. The van der Waals surface area contributed by atoms with Gasteiger partial charge < -0.3 is 4.74 Å². The average molecular weight is 156 g/mol. The summed E-state index contributed by atoms with van der Waals surface area (Å²) in [6.45, 7) is 6.70. The standard InChI is InChI=1S/C9H18NO/c1-9(11-2)8-10-6-4-3-5-7-10/h8-9H,3-7H2,1-2H3. The molecule has 0 N–H and O–H groups in total. The van der Waals surface area contributed by atoms with Crippen LogP contribution in [0.25, 0.3) is 0 Å². The van der Waals surface area contributed by atoms with E-state index < -0.39 is 0 Å². The molecule has 1 saturated heterocycles. The Kier molecular flexibility index (Phi) is 3.87. The van der Waals surface area contributed by atoms with Gasteiger partial charge in [-0.3, -0.25) is 4.90 Å². The van der Waals surface area contributed by atoms with Crippen LogP contribution in [-0.2, 0) is 4.74 Å². The van der Waals surface area contributed by atoms with E-state index in [1.54, 1.807) is 7.11 Å². The van der Waals surface area contributed by atoms with Crippen molar-refractivity contribution in [1.82, 2.24) is 4.90 Å². The summed E-state index contributed by atoms with van der Waals surface area (Å²) in [5.41, 5.74) is 0. The molecular formula is C9H18NO. The van der Waals surface area contributed by atoms with Gasteiger partial charge in [-0.15, -0.1) is 0 Å². The van der Waals surface area contributed by atoms with Gasteiger partial charge in [0.15, 0.2) is 0 Å². The quantitative estimate of drug-likeness (QED) is 0.616. The Morgan fingerprint density at radius 3 is 2.45 bits per heavy atom. The molecule has 1 heterocycles. The molecule has 1 rings (SSSR count). The van der Waals surface area contributed by atoms with Crippen LogP contribution in [-0.4, -0.2) is 31.2 Å². The van der Waals surface area contributed by atoms with Crippen LogP contribution in [0, 0.1) is 6.54 Å². The van der Waals surface area contributed by atoms with Gasteiger partial charge in [-0.2, -0.15) is 0 Å². The van der Waals surface area contributed by atoms with Crippen molar-refractivity contribution in [2.24, 2.45) is 0 Å². The zero-order chi connectivity index (χ0) is 8.10. The van der Waals surface area contributed by atoms with E-state index in [2.05, 4.69) is 18.4 Å². The molecule has 11 heavy (non-hydrogen) atoms. The zero-order valence-electron chi connectivity index (χ0n) is 7.55. The highest BCUT2D eigenvalue weighted by Gasteiger charge is 2.12. The van der Waals surface area contributed by atoms with Crippen molar-refractivity contribution >= 4 is 0 Å². The van der Waals surface area contributed by atoms with Gasteiger partial charge >= 0.3 is 0 Å². The summed E-state index contributed by atoms with van der Waals surface area (Å²) in [7, 11) is 1.76. The molecule has 2 heteroatoms. The van der Waals surface area contributed by atoms with Crippen molar-refractivity contribution in [2.75, 3.05) is 20.2 Å². The largest absolute Gasteiger partial charge is 0.380 e. The summed E-state index contributed by atoms with van der Waals surface area (Å²) in [5.74, 6) is 0. The second-order valence-corrected chi connectivity index (χ2v) is 3.19. The summed E-state index contributed by atoms with van der Waals surface area (Å²) in [5, 5.41) is 0. The van der Waals surface area contributed by atoms with Gasteiger partial charge in [0.25, 0.3) is 0 Å². The van der Waals surface area contributed by atoms with E-state index in [0.29, 0.717) is 0 Å². The van der Waals surface area contributed by atoms with Crippen LogP contribution in [0.3, 0.4) is 0 Å². The predicted octanol–water partition coefficient (Wildman–Crippen LogP) is 1.67. The van der Waals surface area contributed by atoms with Crippen LogP contribution in [0.2, 0.25) is 0 Å². The van der Waals surface area contributed by atoms with Crippen molar-refractivity contribution in [3.63, 3.8) is 0 Å². The van der Waals surface area contributed by atoms with Gasteiger partial charge in [-0.1, -0.05) is 6.42 Å². The van der Waals surface area contributed by atoms with Gasteiger partial charge in [0.05, 0.1) is 12.6 Å². The third-order valence-electron chi connectivity index (χ3n) is 2.18. The van der Waals surface area contributed by atoms with E-state index in [1.165, 1.54) is 32.4 Å². The molecule has 1 radical (unpaired) electrons. The molecule has 2 nitrogen and oxygen atoms in total. The molecular weight excluding hydrogens is 138 g/mol. The molecule has 0 aromatic carbocycles. The Hall–Kier alpha value is -0.0800. The molecule has 0 aromatic rings. The molecule has 0 saturated carbocycles. The molecule has 1 atom stereocenters. The molecule has 0 aliphatic carbocycles. The molecule has 1 aliphatic rings. The maximum atomic E-state index is 5.16. The normalized spacial score (nSPS) is 23.5. The Morgan fingerprint density at radius 2 is 1.91 bits per heavy atom. The zero-order valence-corrected chi connectivity index (χ0v) is 7.55. The number of nitrogens with zero attached hydrogens (tertiary/aromatic N) is 1. The summed E-state index contributed by atoms with van der Waals surface area (Å²) in [6.07, 6.45) is 4.35. The number of ether oxygens (including phenoxy) is 1. The second kappa shape index (κ2) is 4.73. The summed E-state index contributed by atoms with van der Waals surface area (Å²) >= 11 is 0. The Bertz CT molecular complexity index is 99.7. The molecule has 0 spiro atoms. The molecule has 0 aromatic heterocycles. The summed E-state index contributed by atoms with van der Waals surface area (Å²) in [4.78, 5) is 2.37. The highest BCUT2D eigenvalue weighted by Crippen LogP contribution is 2.11. The van der Waals surface area contributed by atoms with Gasteiger partial charge in [0.2, 0.25) is 0 Å². The third kappa shape index (κ3) is 3.21. The number of likely N-dealkylation sites (tertiary alicyclic amines) is 1. The van der Waals surface area contributed by atoms with Crippen molar-refractivity contribution in [2.45, 2.75) is 32.3 Å². The Labute approximate surface area is 69.5 Å². The van der Waals surface area contributed by atoms with Crippen LogP contribution in [0.4, 0.5) is 0 Å². The topological polar surface area (TPSA) is 12.5 Å². The lowest BCUT2D eigenvalue weighted by Gasteiger charge is -2.27. The third-order valence-corrected chi connectivity index (χ3v) is 2.18. The minimum absolute atomic E-state index is 0.271. The first-order valence-electron chi connectivity index (χ1n) is 4.45. The maximum Gasteiger partial charge on any atom is 0.0714 e. The van der Waals surface area contributed by atoms with E-state index in [9.17, 15) is 0 Å². The fourth-order valence-corrected chi connectivity index (χ4v) is 1.43. The molecule has 0 bridgehead atoms. The van der Waals surface area contributed by atoms with Crippen LogP contribution in [0.1, 0.15) is 26.2 Å². The highest BCUT2D eigenvalue weighted by atomic mass is 16.5. The number of hydrogen-bond donors (Lipinski definition) is 0. The highest BCUT2D eigenvalue weighted by molar-refractivity contribution is 4.77. The van der Waals surface area contributed by atoms with Crippen molar-refractivity contribution in [3.8, 4) is 0 Å². The first kappa shape index (κ1) is 9.01. The average Bonchev–Trinajstić information content (AvgIpc) is 2.06. The first-order valence-corrected chi connectivity index (χ1v) is 4.45. The first-order chi connectivity index (χ1) is 5.33. The van der Waals surface area contributed by atoms with E-state index in [1.807, 2.05) is 0 Å². The van der Waals surface area contributed by atoms with E-state index in [-0.39, 0.29) is 6.10 Å². The minimum atomic E-state index is 0.271. The number of piperidine rings is 1. The van der Waals surface area contributed by atoms with E-state index in [4.69, 9.17) is 4.74 Å². The van der Waals surface area contributed by atoms with Gasteiger partial charge in [0, 0.05) is 7.11 Å². The summed E-state index contributed by atoms with van der Waals surface area (Å²) < 4.78 is 5.16. The smallest absolute Gasteiger partial charge is 0.0714 e. The lowest BCUT2D eigenvalue weighted by molar-refractivity contribution is 0.104. The van der Waals surface area contributed by atoms with Crippen LogP contribution < -0.4 is 0 Å². The van der Waals surface area contributed by atoms with Gasteiger partial charge in [-0.25, -0.2) is 0 Å². The number of methoxy groups -OCH3 is 1. The Balaban J connectivity index is 2.13. The van der Waals surface area contributed by atoms with Crippen molar-refractivity contribution < 1.29 is 4.74 Å². The fraction of sp³-hybridized carbons (Fsp3) is 0.889. The van der Waals surface area contributed by atoms with Crippen LogP contribution in [0.15, 0.2) is 0 Å². The number of rotatable bonds is 3.